The maximum atomic E-state index is 14.8. The first-order chi connectivity index (χ1) is 11.9. The number of fused-ring (bicyclic) bond motifs is 1. The number of rotatable bonds is 3. The highest BCUT2D eigenvalue weighted by atomic mass is 19.1. The number of carbonyl (C=O) groups is 2. The van der Waals surface area contributed by atoms with Gasteiger partial charge in [-0.3, -0.25) is 4.79 Å². The van der Waals surface area contributed by atoms with E-state index in [2.05, 4.69) is 0 Å². The van der Waals surface area contributed by atoms with E-state index in [0.29, 0.717) is 31.1 Å². The summed E-state index contributed by atoms with van der Waals surface area (Å²) in [6, 6.07) is -0.352. The van der Waals surface area contributed by atoms with E-state index in [1.807, 2.05) is 11.8 Å². The lowest BCUT2D eigenvalue weighted by molar-refractivity contribution is -0.138. The number of carboxylic acid groups (broad SMARTS) is 1. The predicted molar refractivity (Wildman–Crippen MR) is 86.7 cm³/mol. The minimum atomic E-state index is -1.27. The largest absolute Gasteiger partial charge is 0.478 e. The van der Waals surface area contributed by atoms with E-state index in [4.69, 9.17) is 0 Å². The molecule has 3 aliphatic heterocycles. The zero-order valence-electron chi connectivity index (χ0n) is 14.0. The van der Waals surface area contributed by atoms with Gasteiger partial charge in [-0.05, 0) is 37.7 Å². The number of amides is 1. The van der Waals surface area contributed by atoms with E-state index in [-0.39, 0.29) is 17.5 Å². The number of hydrogen-bond acceptors (Lipinski definition) is 4. The molecule has 2 N–H and O–H groups in total. The predicted octanol–water partition coefficient (Wildman–Crippen LogP) is 1.40. The Hall–Kier alpha value is -2.15. The molecular weight excluding hydrogens is 327 g/mol. The van der Waals surface area contributed by atoms with Gasteiger partial charge < -0.3 is 20.0 Å². The molecule has 25 heavy (non-hydrogen) atoms. The van der Waals surface area contributed by atoms with Crippen LogP contribution in [0.15, 0.2) is 34.9 Å². The lowest BCUT2D eigenvalue weighted by Crippen LogP contribution is -2.50. The molecule has 1 amide bonds. The van der Waals surface area contributed by atoms with Crippen molar-refractivity contribution in [3.8, 4) is 0 Å². The average molecular weight is 348 g/mol. The fourth-order valence-electron chi connectivity index (χ4n) is 4.34. The van der Waals surface area contributed by atoms with Crippen molar-refractivity contribution in [3.05, 3.63) is 34.9 Å². The zero-order chi connectivity index (χ0) is 17.9. The molecule has 2 fully saturated rings. The molecule has 0 spiro atoms. The molecule has 4 aliphatic rings. The minimum Gasteiger partial charge on any atom is -0.478 e. The van der Waals surface area contributed by atoms with Gasteiger partial charge in [0, 0.05) is 25.2 Å². The van der Waals surface area contributed by atoms with Crippen LogP contribution >= 0.6 is 0 Å². The third kappa shape index (κ3) is 2.57. The fourth-order valence-corrected chi connectivity index (χ4v) is 4.34. The van der Waals surface area contributed by atoms with E-state index >= 15 is 0 Å². The Kier molecular flexibility index (Phi) is 3.72. The second-order valence-corrected chi connectivity index (χ2v) is 7.35. The van der Waals surface area contributed by atoms with Gasteiger partial charge in [0.15, 0.2) is 5.83 Å². The monoisotopic (exact) mass is 348 g/mol. The second kappa shape index (κ2) is 5.69. The van der Waals surface area contributed by atoms with Crippen LogP contribution in [-0.2, 0) is 9.59 Å². The third-order valence-electron chi connectivity index (χ3n) is 5.66. The normalized spacial score (nSPS) is 32.6. The van der Waals surface area contributed by atoms with Crippen molar-refractivity contribution in [1.29, 1.82) is 0 Å². The standard InChI is InChI=1S/C18H21FN2O4/c1-9-15-12(10-2-3-10)6-13(18(24)25)17(23)21(15)8-14(19)16(9)20-5-4-11(22)7-20/h6,8,10-12,15,22H,2-5,7H2,1H3,(H,24,25)/t11-,12?,15?/m1/s1. The number of nitrogens with zero attached hydrogens (tertiary/aromatic N) is 2. The van der Waals surface area contributed by atoms with Gasteiger partial charge in [0.2, 0.25) is 0 Å². The number of carbonyl (C=O) groups excluding carboxylic acids is 1. The number of allylic oxidation sites excluding steroid dienone is 1. The molecule has 3 atom stereocenters. The topological polar surface area (TPSA) is 81.1 Å². The number of aliphatic carboxylic acids is 1. The van der Waals surface area contributed by atoms with Crippen molar-refractivity contribution in [2.24, 2.45) is 11.8 Å². The summed E-state index contributed by atoms with van der Waals surface area (Å²) in [5.41, 5.74) is 0.911. The van der Waals surface area contributed by atoms with Gasteiger partial charge in [0.05, 0.1) is 17.8 Å². The van der Waals surface area contributed by atoms with Gasteiger partial charge in [0.1, 0.15) is 5.57 Å². The third-order valence-corrected chi connectivity index (χ3v) is 5.66. The van der Waals surface area contributed by atoms with Crippen LogP contribution in [0.2, 0.25) is 0 Å². The number of aliphatic hydroxyl groups is 1. The average Bonchev–Trinajstić information content (AvgIpc) is 3.30. The summed E-state index contributed by atoms with van der Waals surface area (Å²) in [7, 11) is 0. The minimum absolute atomic E-state index is 0.115. The molecule has 0 radical (unpaired) electrons. The van der Waals surface area contributed by atoms with Crippen molar-refractivity contribution in [2.45, 2.75) is 38.3 Å². The lowest BCUT2D eigenvalue weighted by Gasteiger charge is -2.43. The Morgan fingerprint density at radius 1 is 1.32 bits per heavy atom. The molecule has 3 heterocycles. The maximum absolute atomic E-state index is 14.8. The summed E-state index contributed by atoms with van der Waals surface area (Å²) < 4.78 is 14.8. The van der Waals surface area contributed by atoms with E-state index in [0.717, 1.165) is 24.6 Å². The van der Waals surface area contributed by atoms with Crippen LogP contribution in [0, 0.1) is 11.8 Å². The van der Waals surface area contributed by atoms with E-state index < -0.39 is 23.8 Å². The van der Waals surface area contributed by atoms with Crippen LogP contribution in [0.5, 0.6) is 0 Å². The summed E-state index contributed by atoms with van der Waals surface area (Å²) in [6.45, 7) is 2.76. The summed E-state index contributed by atoms with van der Waals surface area (Å²) in [5, 5.41) is 19.1. The smallest absolute Gasteiger partial charge is 0.341 e. The number of halogens is 1. The number of aliphatic hydroxyl groups excluding tert-OH is 1. The molecule has 134 valence electrons. The van der Waals surface area contributed by atoms with Gasteiger partial charge in [-0.2, -0.15) is 0 Å². The van der Waals surface area contributed by atoms with Crippen molar-refractivity contribution in [1.82, 2.24) is 9.80 Å². The van der Waals surface area contributed by atoms with E-state index in [1.165, 1.54) is 4.90 Å². The first-order valence-corrected chi connectivity index (χ1v) is 8.67. The van der Waals surface area contributed by atoms with E-state index in [1.54, 1.807) is 6.08 Å². The van der Waals surface area contributed by atoms with Crippen LogP contribution in [0.25, 0.3) is 0 Å². The van der Waals surface area contributed by atoms with Gasteiger partial charge in [-0.1, -0.05) is 6.08 Å². The first-order valence-electron chi connectivity index (χ1n) is 8.67. The number of carboxylic acids is 1. The maximum Gasteiger partial charge on any atom is 0.341 e. The Balaban J connectivity index is 1.78. The summed E-state index contributed by atoms with van der Waals surface area (Å²) in [5.74, 6) is -2.26. The molecule has 2 unspecified atom stereocenters. The van der Waals surface area contributed by atoms with Gasteiger partial charge in [-0.15, -0.1) is 0 Å². The molecular formula is C18H21FN2O4. The van der Waals surface area contributed by atoms with Crippen molar-refractivity contribution >= 4 is 11.9 Å². The van der Waals surface area contributed by atoms with Crippen LogP contribution in [0.4, 0.5) is 4.39 Å². The van der Waals surface area contributed by atoms with E-state index in [9.17, 15) is 24.2 Å². The molecule has 6 nitrogen and oxygen atoms in total. The lowest BCUT2D eigenvalue weighted by atomic mass is 9.81. The fraction of sp³-hybridized carbons (Fsp3) is 0.556. The molecule has 0 aromatic heterocycles. The molecule has 0 aromatic rings. The van der Waals surface area contributed by atoms with Crippen LogP contribution < -0.4 is 0 Å². The molecule has 1 saturated heterocycles. The molecule has 7 heteroatoms. The number of β-amino-alcohol motifs (C(OH)–C–C–N with tert-alkyl or cyclic N) is 1. The zero-order valence-corrected chi connectivity index (χ0v) is 14.0. The van der Waals surface area contributed by atoms with Gasteiger partial charge in [-0.25, -0.2) is 9.18 Å². The summed E-state index contributed by atoms with van der Waals surface area (Å²) >= 11 is 0. The van der Waals surface area contributed by atoms with Gasteiger partial charge >= 0.3 is 5.97 Å². The highest BCUT2D eigenvalue weighted by molar-refractivity contribution is 6.16. The van der Waals surface area contributed by atoms with Crippen LogP contribution in [0.3, 0.4) is 0 Å². The molecule has 4 rings (SSSR count). The summed E-state index contributed by atoms with van der Waals surface area (Å²) in [4.78, 5) is 27.1. The molecule has 1 aliphatic carbocycles. The Morgan fingerprint density at radius 3 is 2.60 bits per heavy atom. The number of likely N-dealkylation sites (tertiary alicyclic amines) is 1. The molecule has 1 saturated carbocycles. The molecule has 0 bridgehead atoms. The molecule has 0 aromatic carbocycles. The van der Waals surface area contributed by atoms with Gasteiger partial charge in [0.25, 0.3) is 5.91 Å². The Morgan fingerprint density at radius 2 is 2.04 bits per heavy atom. The van der Waals surface area contributed by atoms with Crippen LogP contribution in [-0.4, -0.2) is 57.1 Å². The highest BCUT2D eigenvalue weighted by Gasteiger charge is 2.48. The SMILES string of the molecule is CC1=C(N2CC[C@@H](O)C2)C(F)=CN2C(=O)C(C(=O)O)=CC(C3CC3)C12. The Bertz CT molecular complexity index is 737. The van der Waals surface area contributed by atoms with Crippen molar-refractivity contribution < 1.29 is 24.2 Å². The number of hydrogen-bond donors (Lipinski definition) is 2. The van der Waals surface area contributed by atoms with Crippen molar-refractivity contribution in [3.63, 3.8) is 0 Å². The second-order valence-electron chi connectivity index (χ2n) is 7.35. The Labute approximate surface area is 144 Å². The van der Waals surface area contributed by atoms with Crippen molar-refractivity contribution in [2.75, 3.05) is 13.1 Å². The summed E-state index contributed by atoms with van der Waals surface area (Å²) in [6.07, 6.45) is 4.81. The highest BCUT2D eigenvalue weighted by Crippen LogP contribution is 2.47. The first kappa shape index (κ1) is 16.3. The quantitative estimate of drug-likeness (QED) is 0.754. The van der Waals surface area contributed by atoms with Crippen LogP contribution in [0.1, 0.15) is 26.2 Å².